The summed E-state index contributed by atoms with van der Waals surface area (Å²) in [6.45, 7) is 1.97. The van der Waals surface area contributed by atoms with E-state index in [0.29, 0.717) is 24.2 Å². The van der Waals surface area contributed by atoms with Gasteiger partial charge in [0.2, 0.25) is 0 Å². The van der Waals surface area contributed by atoms with Crippen LogP contribution in [0.2, 0.25) is 0 Å². The van der Waals surface area contributed by atoms with E-state index in [0.717, 1.165) is 24.2 Å². The van der Waals surface area contributed by atoms with Crippen LogP contribution in [-0.2, 0) is 19.5 Å². The predicted molar refractivity (Wildman–Crippen MR) is 94.3 cm³/mol. The fourth-order valence-corrected chi connectivity index (χ4v) is 2.66. The van der Waals surface area contributed by atoms with Crippen molar-refractivity contribution in [2.24, 2.45) is 0 Å². The summed E-state index contributed by atoms with van der Waals surface area (Å²) >= 11 is 0. The van der Waals surface area contributed by atoms with Gasteiger partial charge < -0.3 is 9.88 Å². The van der Waals surface area contributed by atoms with Crippen molar-refractivity contribution in [3.05, 3.63) is 89.3 Å². The number of benzene rings is 2. The molecule has 0 saturated carbocycles. The molecule has 1 heterocycles. The van der Waals surface area contributed by atoms with Crippen molar-refractivity contribution in [2.75, 3.05) is 6.54 Å². The second-order valence-corrected chi connectivity index (χ2v) is 5.84. The number of hydrogen-bond acceptors (Lipinski definition) is 3. The molecule has 0 amide bonds. The van der Waals surface area contributed by atoms with Gasteiger partial charge in [-0.1, -0.05) is 30.3 Å². The van der Waals surface area contributed by atoms with Crippen molar-refractivity contribution >= 4 is 0 Å². The van der Waals surface area contributed by atoms with Gasteiger partial charge in [-0.25, -0.2) is 9.37 Å². The monoisotopic (exact) mass is 334 g/mol. The van der Waals surface area contributed by atoms with E-state index in [1.807, 2.05) is 42.9 Å². The molecule has 4 nitrogen and oxygen atoms in total. The third kappa shape index (κ3) is 4.52. The molecule has 0 unspecified atom stereocenters. The van der Waals surface area contributed by atoms with Gasteiger partial charge in [0, 0.05) is 43.5 Å². The normalized spacial score (nSPS) is 10.6. The van der Waals surface area contributed by atoms with E-state index in [2.05, 4.69) is 20.9 Å². The average molecular weight is 334 g/mol. The Kier molecular flexibility index (Phi) is 5.55. The summed E-state index contributed by atoms with van der Waals surface area (Å²) in [4.78, 5) is 4.23. The van der Waals surface area contributed by atoms with Crippen LogP contribution in [0.5, 0.6) is 0 Å². The Balaban J connectivity index is 1.53. The van der Waals surface area contributed by atoms with Crippen LogP contribution in [0.25, 0.3) is 0 Å². The van der Waals surface area contributed by atoms with Gasteiger partial charge in [-0.3, -0.25) is 0 Å². The zero-order valence-corrected chi connectivity index (χ0v) is 13.8. The molecule has 3 rings (SSSR count). The van der Waals surface area contributed by atoms with E-state index in [1.54, 1.807) is 12.1 Å². The van der Waals surface area contributed by atoms with Gasteiger partial charge in [-0.05, 0) is 23.8 Å². The van der Waals surface area contributed by atoms with Gasteiger partial charge >= 0.3 is 0 Å². The molecule has 3 aromatic rings. The number of nitrogens with one attached hydrogen (secondary N) is 1. The lowest BCUT2D eigenvalue weighted by atomic mass is 10.1. The van der Waals surface area contributed by atoms with Crippen LogP contribution in [0.3, 0.4) is 0 Å². The van der Waals surface area contributed by atoms with E-state index in [1.165, 1.54) is 6.07 Å². The quantitative estimate of drug-likeness (QED) is 0.675. The van der Waals surface area contributed by atoms with Crippen molar-refractivity contribution < 1.29 is 4.39 Å². The Hall–Kier alpha value is -2.97. The third-order valence-corrected chi connectivity index (χ3v) is 4.07. The van der Waals surface area contributed by atoms with Crippen molar-refractivity contribution in [1.82, 2.24) is 14.9 Å². The Morgan fingerprint density at radius 3 is 2.68 bits per heavy atom. The van der Waals surface area contributed by atoms with E-state index in [-0.39, 0.29) is 5.82 Å². The molecular weight excluding hydrogens is 315 g/mol. The number of aromatic nitrogens is 2. The minimum atomic E-state index is -0.180. The summed E-state index contributed by atoms with van der Waals surface area (Å²) in [5.41, 5.74) is 3.57. The number of rotatable bonds is 7. The molecule has 0 aliphatic heterocycles. The number of hydrogen-bond donors (Lipinski definition) is 1. The van der Waals surface area contributed by atoms with E-state index >= 15 is 0 Å². The summed E-state index contributed by atoms with van der Waals surface area (Å²) in [7, 11) is 0. The molecule has 5 heteroatoms. The van der Waals surface area contributed by atoms with Gasteiger partial charge in [0.15, 0.2) is 0 Å². The van der Waals surface area contributed by atoms with E-state index in [4.69, 9.17) is 5.26 Å². The molecule has 25 heavy (non-hydrogen) atoms. The van der Waals surface area contributed by atoms with Crippen LogP contribution in [0.4, 0.5) is 4.39 Å². The first-order valence-corrected chi connectivity index (χ1v) is 8.18. The highest BCUT2D eigenvalue weighted by Crippen LogP contribution is 2.09. The molecule has 1 N–H and O–H groups in total. The van der Waals surface area contributed by atoms with Gasteiger partial charge in [-0.15, -0.1) is 0 Å². The van der Waals surface area contributed by atoms with Crippen LogP contribution in [0, 0.1) is 17.1 Å². The van der Waals surface area contributed by atoms with Crippen molar-refractivity contribution in [2.45, 2.75) is 19.5 Å². The van der Waals surface area contributed by atoms with Crippen LogP contribution >= 0.6 is 0 Å². The number of halogens is 1. The summed E-state index contributed by atoms with van der Waals surface area (Å²) in [6.07, 6.45) is 4.48. The second kappa shape index (κ2) is 8.22. The van der Waals surface area contributed by atoms with Crippen molar-refractivity contribution in [3.63, 3.8) is 0 Å². The summed E-state index contributed by atoms with van der Waals surface area (Å²) in [5, 5.41) is 12.1. The maximum atomic E-state index is 13.6. The molecule has 0 radical (unpaired) electrons. The highest BCUT2D eigenvalue weighted by molar-refractivity contribution is 5.31. The molecule has 0 atom stereocenters. The highest BCUT2D eigenvalue weighted by Gasteiger charge is 2.04. The molecule has 0 aliphatic rings. The summed E-state index contributed by atoms with van der Waals surface area (Å²) in [6, 6.07) is 16.5. The molecular formula is C20H19FN4. The second-order valence-electron chi connectivity index (χ2n) is 5.84. The smallest absolute Gasteiger partial charge is 0.127 e. The molecule has 2 aromatic carbocycles. The highest BCUT2D eigenvalue weighted by atomic mass is 19.1. The largest absolute Gasteiger partial charge is 0.330 e. The fraction of sp³-hybridized carbons (Fsp3) is 0.200. The topological polar surface area (TPSA) is 53.6 Å². The number of imidazole rings is 1. The average Bonchev–Trinajstić information content (AvgIpc) is 3.08. The van der Waals surface area contributed by atoms with Crippen molar-refractivity contribution in [1.29, 1.82) is 5.26 Å². The van der Waals surface area contributed by atoms with Crippen molar-refractivity contribution in [3.8, 4) is 6.07 Å². The van der Waals surface area contributed by atoms with Gasteiger partial charge in [0.1, 0.15) is 5.82 Å². The minimum absolute atomic E-state index is 0.180. The SMILES string of the molecule is N#Cc1ccc(Cn2cncc2CCNCc2ccccc2F)cc1. The first-order chi connectivity index (χ1) is 12.3. The summed E-state index contributed by atoms with van der Waals surface area (Å²) < 4.78 is 15.7. The van der Waals surface area contributed by atoms with Crippen LogP contribution in [0.1, 0.15) is 22.4 Å². The van der Waals surface area contributed by atoms with Gasteiger partial charge in [0.05, 0.1) is 18.0 Å². The molecule has 0 saturated heterocycles. The van der Waals surface area contributed by atoms with Crippen LogP contribution in [-0.4, -0.2) is 16.1 Å². The Labute approximate surface area is 146 Å². The lowest BCUT2D eigenvalue weighted by Crippen LogP contribution is -2.18. The van der Waals surface area contributed by atoms with Crippen LogP contribution < -0.4 is 5.32 Å². The molecule has 1 aromatic heterocycles. The molecule has 0 fully saturated rings. The first kappa shape index (κ1) is 16.9. The first-order valence-electron chi connectivity index (χ1n) is 8.18. The minimum Gasteiger partial charge on any atom is -0.330 e. The lowest BCUT2D eigenvalue weighted by Gasteiger charge is -2.10. The lowest BCUT2D eigenvalue weighted by molar-refractivity contribution is 0.584. The Bertz CT molecular complexity index is 862. The summed E-state index contributed by atoms with van der Waals surface area (Å²) in [5.74, 6) is -0.180. The third-order valence-electron chi connectivity index (χ3n) is 4.07. The zero-order chi connectivity index (χ0) is 17.5. The standard InChI is InChI=1S/C20H19FN4/c21-20-4-2-1-3-18(20)12-23-10-9-19-13-24-15-25(19)14-17-7-5-16(11-22)6-8-17/h1-8,13,15,23H,9-10,12,14H2. The Morgan fingerprint density at radius 2 is 1.92 bits per heavy atom. The van der Waals surface area contributed by atoms with E-state index in [9.17, 15) is 4.39 Å². The zero-order valence-electron chi connectivity index (χ0n) is 13.8. The maximum Gasteiger partial charge on any atom is 0.127 e. The fourth-order valence-electron chi connectivity index (χ4n) is 2.66. The van der Waals surface area contributed by atoms with Gasteiger partial charge in [-0.2, -0.15) is 5.26 Å². The molecule has 0 aliphatic carbocycles. The molecule has 0 spiro atoms. The van der Waals surface area contributed by atoms with Gasteiger partial charge in [0.25, 0.3) is 0 Å². The maximum absolute atomic E-state index is 13.6. The number of nitrogens with zero attached hydrogens (tertiary/aromatic N) is 3. The predicted octanol–water partition coefficient (Wildman–Crippen LogP) is 3.27. The number of nitriles is 1. The van der Waals surface area contributed by atoms with E-state index < -0.39 is 0 Å². The van der Waals surface area contributed by atoms with Crippen LogP contribution in [0.15, 0.2) is 61.1 Å². The molecule has 0 bridgehead atoms. The Morgan fingerprint density at radius 1 is 1.12 bits per heavy atom. The molecule has 126 valence electrons.